The number of piperidine rings is 1. The molecule has 4 rings (SSSR count). The number of benzene rings is 2. The van der Waals surface area contributed by atoms with Gasteiger partial charge in [0.15, 0.2) is 0 Å². The third-order valence-electron chi connectivity index (χ3n) is 6.45. The van der Waals surface area contributed by atoms with E-state index >= 15 is 0 Å². The first-order valence-electron chi connectivity index (χ1n) is 9.86. The fraction of sp³-hybridized carbons (Fsp3) is 0.478. The molecule has 0 radical (unpaired) electrons. The van der Waals surface area contributed by atoms with E-state index < -0.39 is 5.60 Å². The Morgan fingerprint density at radius 2 is 1.63 bits per heavy atom. The number of methoxy groups -OCH3 is 2. The van der Waals surface area contributed by atoms with Crippen LogP contribution in [-0.2, 0) is 12.1 Å². The quantitative estimate of drug-likeness (QED) is 0.872. The average molecular weight is 367 g/mol. The van der Waals surface area contributed by atoms with E-state index in [9.17, 15) is 5.11 Å². The topological polar surface area (TPSA) is 41.9 Å². The van der Waals surface area contributed by atoms with Crippen molar-refractivity contribution in [2.75, 3.05) is 27.3 Å². The van der Waals surface area contributed by atoms with Crippen LogP contribution in [0.5, 0.6) is 11.5 Å². The Hall–Kier alpha value is -2.04. The number of aliphatic hydroxyl groups is 1. The minimum absolute atomic E-state index is 0.258. The van der Waals surface area contributed by atoms with Gasteiger partial charge in [0.2, 0.25) is 0 Å². The molecule has 2 aromatic carbocycles. The first-order chi connectivity index (χ1) is 13.1. The van der Waals surface area contributed by atoms with Crippen molar-refractivity contribution in [3.05, 3.63) is 59.7 Å². The molecule has 1 saturated carbocycles. The summed E-state index contributed by atoms with van der Waals surface area (Å²) in [6.45, 7) is 2.70. The minimum atomic E-state index is -0.734. The summed E-state index contributed by atoms with van der Waals surface area (Å²) in [6, 6.07) is 16.2. The van der Waals surface area contributed by atoms with Crippen molar-refractivity contribution in [1.82, 2.24) is 4.90 Å². The predicted molar refractivity (Wildman–Crippen MR) is 106 cm³/mol. The summed E-state index contributed by atoms with van der Waals surface area (Å²) in [4.78, 5) is 2.49. The van der Waals surface area contributed by atoms with Crippen LogP contribution in [0.3, 0.4) is 0 Å². The molecule has 1 aliphatic carbocycles. The molecule has 2 aliphatic rings. The van der Waals surface area contributed by atoms with Crippen LogP contribution in [0.4, 0.5) is 0 Å². The van der Waals surface area contributed by atoms with Gasteiger partial charge in [-0.2, -0.15) is 0 Å². The van der Waals surface area contributed by atoms with E-state index in [4.69, 9.17) is 9.47 Å². The van der Waals surface area contributed by atoms with Crippen LogP contribution in [0, 0.1) is 11.8 Å². The van der Waals surface area contributed by atoms with E-state index in [-0.39, 0.29) is 11.8 Å². The summed E-state index contributed by atoms with van der Waals surface area (Å²) in [5.41, 5.74) is 1.52. The van der Waals surface area contributed by atoms with Gasteiger partial charge in [-0.1, -0.05) is 36.8 Å². The molecule has 1 aliphatic heterocycles. The zero-order valence-electron chi connectivity index (χ0n) is 16.2. The van der Waals surface area contributed by atoms with Crippen molar-refractivity contribution in [3.8, 4) is 11.5 Å². The molecular weight excluding hydrogens is 338 g/mol. The van der Waals surface area contributed by atoms with Gasteiger partial charge < -0.3 is 14.6 Å². The summed E-state index contributed by atoms with van der Waals surface area (Å²) < 4.78 is 10.8. The van der Waals surface area contributed by atoms with Gasteiger partial charge in [-0.05, 0) is 36.6 Å². The van der Waals surface area contributed by atoms with Gasteiger partial charge >= 0.3 is 0 Å². The fourth-order valence-corrected chi connectivity index (χ4v) is 5.08. The SMILES string of the molecule is COc1ccc(C2(O)[C@@H]3CCC[C@@H]2CN(Cc2ccccc2OC)C3)cc1. The molecule has 0 spiro atoms. The number of rotatable bonds is 5. The molecule has 0 aromatic heterocycles. The number of nitrogens with zero attached hydrogens (tertiary/aromatic N) is 1. The second kappa shape index (κ2) is 7.53. The molecule has 1 heterocycles. The highest BCUT2D eigenvalue weighted by Gasteiger charge is 2.51. The number of ether oxygens (including phenoxy) is 2. The molecule has 1 N–H and O–H groups in total. The van der Waals surface area contributed by atoms with E-state index in [2.05, 4.69) is 17.0 Å². The number of fused-ring (bicyclic) bond motifs is 2. The standard InChI is InChI=1S/C23H29NO3/c1-26-21-12-10-18(11-13-21)23(25)19-7-5-8-20(23)16-24(15-19)14-17-6-3-4-9-22(17)27-2/h3-4,6,9-13,19-20,25H,5,7-8,14-16H2,1-2H3/t19-,20-/m1/s1. The molecule has 2 bridgehead atoms. The molecule has 1 saturated heterocycles. The van der Waals surface area contributed by atoms with Gasteiger partial charge in [0, 0.05) is 37.0 Å². The lowest BCUT2D eigenvalue weighted by molar-refractivity contribution is -0.148. The zero-order chi connectivity index (χ0) is 18.9. The lowest BCUT2D eigenvalue weighted by Gasteiger charge is -2.53. The van der Waals surface area contributed by atoms with E-state index in [0.717, 1.165) is 49.5 Å². The van der Waals surface area contributed by atoms with Crippen LogP contribution in [0.25, 0.3) is 0 Å². The van der Waals surface area contributed by atoms with Gasteiger partial charge in [-0.25, -0.2) is 0 Å². The fourth-order valence-electron chi connectivity index (χ4n) is 5.08. The summed E-state index contributed by atoms with van der Waals surface area (Å²) in [6.07, 6.45) is 3.35. The molecule has 27 heavy (non-hydrogen) atoms. The van der Waals surface area contributed by atoms with Crippen molar-refractivity contribution in [3.63, 3.8) is 0 Å². The van der Waals surface area contributed by atoms with Gasteiger partial charge in [0.05, 0.1) is 19.8 Å². The second-order valence-electron chi connectivity index (χ2n) is 7.88. The second-order valence-corrected chi connectivity index (χ2v) is 7.88. The summed E-state index contributed by atoms with van der Waals surface area (Å²) in [7, 11) is 3.40. The largest absolute Gasteiger partial charge is 0.497 e. The maximum absolute atomic E-state index is 11.8. The highest BCUT2D eigenvalue weighted by atomic mass is 16.5. The lowest BCUT2D eigenvalue weighted by Crippen LogP contribution is -2.57. The van der Waals surface area contributed by atoms with Crippen molar-refractivity contribution < 1.29 is 14.6 Å². The van der Waals surface area contributed by atoms with E-state index in [1.54, 1.807) is 14.2 Å². The summed E-state index contributed by atoms with van der Waals surface area (Å²) >= 11 is 0. The Morgan fingerprint density at radius 3 is 2.26 bits per heavy atom. The molecule has 0 unspecified atom stereocenters. The van der Waals surface area contributed by atoms with Crippen LogP contribution in [-0.4, -0.2) is 37.3 Å². The van der Waals surface area contributed by atoms with Crippen LogP contribution in [0.15, 0.2) is 48.5 Å². The van der Waals surface area contributed by atoms with Crippen LogP contribution in [0.2, 0.25) is 0 Å². The Kier molecular flexibility index (Phi) is 5.11. The minimum Gasteiger partial charge on any atom is -0.497 e. The molecule has 2 atom stereocenters. The summed E-state index contributed by atoms with van der Waals surface area (Å²) in [5.74, 6) is 2.29. The lowest BCUT2D eigenvalue weighted by atomic mass is 9.62. The van der Waals surface area contributed by atoms with Gasteiger partial charge in [-0.3, -0.25) is 4.90 Å². The van der Waals surface area contributed by atoms with Crippen molar-refractivity contribution >= 4 is 0 Å². The number of hydrogen-bond donors (Lipinski definition) is 1. The number of hydrogen-bond acceptors (Lipinski definition) is 4. The average Bonchev–Trinajstić information content (AvgIpc) is 2.69. The smallest absolute Gasteiger partial charge is 0.123 e. The Labute approximate surface area is 161 Å². The van der Waals surface area contributed by atoms with Crippen LogP contribution in [0.1, 0.15) is 30.4 Å². The highest BCUT2D eigenvalue weighted by Crippen LogP contribution is 2.49. The Bertz CT molecular complexity index is 759. The zero-order valence-corrected chi connectivity index (χ0v) is 16.2. The Balaban J connectivity index is 1.56. The van der Waals surface area contributed by atoms with E-state index in [1.807, 2.05) is 36.4 Å². The van der Waals surface area contributed by atoms with Gasteiger partial charge in [-0.15, -0.1) is 0 Å². The Morgan fingerprint density at radius 1 is 0.963 bits per heavy atom. The highest BCUT2D eigenvalue weighted by molar-refractivity contribution is 5.35. The first-order valence-corrected chi connectivity index (χ1v) is 9.86. The molecule has 4 heteroatoms. The molecule has 2 aromatic rings. The molecule has 4 nitrogen and oxygen atoms in total. The van der Waals surface area contributed by atoms with Crippen LogP contribution >= 0.6 is 0 Å². The van der Waals surface area contributed by atoms with Crippen molar-refractivity contribution in [2.45, 2.75) is 31.4 Å². The molecule has 2 fully saturated rings. The molecular formula is C23H29NO3. The van der Waals surface area contributed by atoms with Gasteiger partial charge in [0.1, 0.15) is 11.5 Å². The maximum Gasteiger partial charge on any atom is 0.123 e. The first kappa shape index (κ1) is 18.3. The molecule has 144 valence electrons. The van der Waals surface area contributed by atoms with Crippen molar-refractivity contribution in [1.29, 1.82) is 0 Å². The van der Waals surface area contributed by atoms with Gasteiger partial charge in [0.25, 0.3) is 0 Å². The number of para-hydroxylation sites is 1. The normalized spacial score (nSPS) is 28.0. The van der Waals surface area contributed by atoms with E-state index in [1.165, 1.54) is 12.0 Å². The van der Waals surface area contributed by atoms with Crippen LogP contribution < -0.4 is 9.47 Å². The third kappa shape index (κ3) is 3.32. The molecule has 0 amide bonds. The number of likely N-dealkylation sites (tertiary alicyclic amines) is 1. The maximum atomic E-state index is 11.8. The monoisotopic (exact) mass is 367 g/mol. The predicted octanol–water partition coefficient (Wildman–Crippen LogP) is 3.82. The summed E-state index contributed by atoms with van der Waals surface area (Å²) in [5, 5.41) is 11.8. The third-order valence-corrected chi connectivity index (χ3v) is 6.45. The van der Waals surface area contributed by atoms with Crippen molar-refractivity contribution in [2.24, 2.45) is 11.8 Å². The van der Waals surface area contributed by atoms with E-state index in [0.29, 0.717) is 0 Å².